The van der Waals surface area contributed by atoms with Crippen LogP contribution in [0.5, 0.6) is 0 Å². The molecule has 2 N–H and O–H groups in total. The van der Waals surface area contributed by atoms with Gasteiger partial charge in [-0.05, 0) is 36.6 Å². The highest BCUT2D eigenvalue weighted by Crippen LogP contribution is 2.29. The molecule has 0 unspecified atom stereocenters. The number of aliphatic hydroxyl groups excluding tert-OH is 1. The SMILES string of the molecule is O=C1CC(O)=CC(CCc2ccc(C(F)(F)F)cc2)=NN1. The first-order valence-corrected chi connectivity index (χ1v) is 6.25. The first-order chi connectivity index (χ1) is 9.84. The summed E-state index contributed by atoms with van der Waals surface area (Å²) >= 11 is 0. The van der Waals surface area contributed by atoms with E-state index in [0.29, 0.717) is 24.1 Å². The molecule has 112 valence electrons. The van der Waals surface area contributed by atoms with E-state index >= 15 is 0 Å². The second kappa shape index (κ2) is 5.99. The molecule has 1 aliphatic rings. The summed E-state index contributed by atoms with van der Waals surface area (Å²) in [5.41, 5.74) is 2.77. The average molecular weight is 298 g/mol. The van der Waals surface area contributed by atoms with Crippen molar-refractivity contribution in [2.45, 2.75) is 25.4 Å². The molecule has 0 aromatic heterocycles. The Hall–Kier alpha value is -2.31. The summed E-state index contributed by atoms with van der Waals surface area (Å²) in [6.45, 7) is 0. The molecule has 0 aliphatic carbocycles. The zero-order valence-corrected chi connectivity index (χ0v) is 10.9. The highest BCUT2D eigenvalue weighted by atomic mass is 19.4. The van der Waals surface area contributed by atoms with E-state index in [-0.39, 0.29) is 12.2 Å². The molecule has 0 bridgehead atoms. The average Bonchev–Trinajstić information content (AvgIpc) is 2.56. The van der Waals surface area contributed by atoms with E-state index in [2.05, 4.69) is 10.5 Å². The van der Waals surface area contributed by atoms with Gasteiger partial charge in [0.2, 0.25) is 5.91 Å². The zero-order valence-electron chi connectivity index (χ0n) is 10.9. The summed E-state index contributed by atoms with van der Waals surface area (Å²) in [5.74, 6) is -0.496. The lowest BCUT2D eigenvalue weighted by molar-refractivity contribution is -0.137. The van der Waals surface area contributed by atoms with Gasteiger partial charge in [-0.1, -0.05) is 12.1 Å². The molecular weight excluding hydrogens is 285 g/mol. The third-order valence-electron chi connectivity index (χ3n) is 2.95. The van der Waals surface area contributed by atoms with Crippen molar-refractivity contribution in [1.29, 1.82) is 0 Å². The van der Waals surface area contributed by atoms with Gasteiger partial charge in [-0.3, -0.25) is 4.79 Å². The predicted octanol–water partition coefficient (Wildman–Crippen LogP) is 2.96. The molecule has 21 heavy (non-hydrogen) atoms. The van der Waals surface area contributed by atoms with Gasteiger partial charge < -0.3 is 5.11 Å². The maximum Gasteiger partial charge on any atom is 0.416 e. The number of alkyl halides is 3. The Morgan fingerprint density at radius 3 is 2.48 bits per heavy atom. The Balaban J connectivity index is 2.00. The fourth-order valence-electron chi connectivity index (χ4n) is 1.87. The van der Waals surface area contributed by atoms with Gasteiger partial charge in [0.15, 0.2) is 0 Å². The van der Waals surface area contributed by atoms with Crippen molar-refractivity contribution in [3.8, 4) is 0 Å². The highest BCUT2D eigenvalue weighted by Gasteiger charge is 2.29. The standard InChI is InChI=1S/C14H13F3N2O2/c15-14(16,17)10-4-1-9(2-5-10)3-6-11-7-12(20)8-13(21)19-18-11/h1-2,4-5,7,20H,3,6,8H2,(H,19,21). The largest absolute Gasteiger partial charge is 0.512 e. The molecule has 7 heteroatoms. The van der Waals surface area contributed by atoms with Crippen LogP contribution in [0.4, 0.5) is 13.2 Å². The molecule has 1 aromatic carbocycles. The highest BCUT2D eigenvalue weighted by molar-refractivity contribution is 5.98. The number of halogens is 3. The molecule has 1 aliphatic heterocycles. The number of nitrogens with zero attached hydrogens (tertiary/aromatic N) is 1. The second-order valence-electron chi connectivity index (χ2n) is 4.65. The minimum absolute atomic E-state index is 0.0869. The molecule has 0 radical (unpaired) electrons. The van der Waals surface area contributed by atoms with E-state index in [1.54, 1.807) is 0 Å². The van der Waals surface area contributed by atoms with Gasteiger partial charge in [0.25, 0.3) is 0 Å². The topological polar surface area (TPSA) is 61.7 Å². The van der Waals surface area contributed by atoms with Gasteiger partial charge in [0, 0.05) is 0 Å². The van der Waals surface area contributed by atoms with Crippen molar-refractivity contribution in [3.05, 3.63) is 47.2 Å². The lowest BCUT2D eigenvalue weighted by Gasteiger charge is -2.07. The third-order valence-corrected chi connectivity index (χ3v) is 2.95. The molecule has 0 spiro atoms. The van der Waals surface area contributed by atoms with Crippen LogP contribution in [0.1, 0.15) is 24.0 Å². The first kappa shape index (κ1) is 15.1. The maximum atomic E-state index is 12.4. The second-order valence-corrected chi connectivity index (χ2v) is 4.65. The number of aryl methyl sites for hydroxylation is 1. The number of carbonyl (C=O) groups is 1. The zero-order chi connectivity index (χ0) is 15.5. The van der Waals surface area contributed by atoms with Crippen LogP contribution in [0.3, 0.4) is 0 Å². The van der Waals surface area contributed by atoms with Crippen LogP contribution in [0, 0.1) is 0 Å². The van der Waals surface area contributed by atoms with Crippen LogP contribution in [0.2, 0.25) is 0 Å². The molecule has 4 nitrogen and oxygen atoms in total. The number of benzene rings is 1. The number of hydrazone groups is 1. The lowest BCUT2D eigenvalue weighted by atomic mass is 10.0. The molecule has 0 fully saturated rings. The fourth-order valence-corrected chi connectivity index (χ4v) is 1.87. The predicted molar refractivity (Wildman–Crippen MR) is 70.7 cm³/mol. The van der Waals surface area contributed by atoms with Crippen LogP contribution in [-0.4, -0.2) is 16.7 Å². The van der Waals surface area contributed by atoms with E-state index in [9.17, 15) is 23.1 Å². The fraction of sp³-hybridized carbons (Fsp3) is 0.286. The molecule has 1 aromatic rings. The van der Waals surface area contributed by atoms with Gasteiger partial charge in [0.05, 0.1) is 17.7 Å². The minimum Gasteiger partial charge on any atom is -0.512 e. The number of allylic oxidation sites excluding steroid dienone is 1. The Kier molecular flexibility index (Phi) is 4.30. The number of aliphatic hydroxyl groups is 1. The summed E-state index contributed by atoms with van der Waals surface area (Å²) in [7, 11) is 0. The van der Waals surface area contributed by atoms with Crippen LogP contribution in [0.25, 0.3) is 0 Å². The summed E-state index contributed by atoms with van der Waals surface area (Å²) in [6.07, 6.45) is -2.23. The normalized spacial score (nSPS) is 15.9. The minimum atomic E-state index is -4.34. The molecule has 0 saturated heterocycles. The van der Waals surface area contributed by atoms with Gasteiger partial charge in [0.1, 0.15) is 5.76 Å². The summed E-state index contributed by atoms with van der Waals surface area (Å²) in [5, 5.41) is 13.3. The Labute approximate surface area is 119 Å². The van der Waals surface area contributed by atoms with Crippen molar-refractivity contribution in [2.75, 3.05) is 0 Å². The van der Waals surface area contributed by atoms with E-state index in [4.69, 9.17) is 0 Å². The Morgan fingerprint density at radius 2 is 1.86 bits per heavy atom. The maximum absolute atomic E-state index is 12.4. The van der Waals surface area contributed by atoms with Crippen molar-refractivity contribution in [1.82, 2.24) is 5.43 Å². The van der Waals surface area contributed by atoms with E-state index in [0.717, 1.165) is 12.1 Å². The lowest BCUT2D eigenvalue weighted by Crippen LogP contribution is -2.16. The number of nitrogens with one attached hydrogen (secondary N) is 1. The smallest absolute Gasteiger partial charge is 0.416 e. The summed E-state index contributed by atoms with van der Waals surface area (Å²) < 4.78 is 37.3. The third kappa shape index (κ3) is 4.34. The molecule has 1 heterocycles. The summed E-state index contributed by atoms with van der Waals surface area (Å²) in [6, 6.07) is 4.86. The summed E-state index contributed by atoms with van der Waals surface area (Å²) in [4.78, 5) is 11.1. The van der Waals surface area contributed by atoms with Gasteiger partial charge in [-0.25, -0.2) is 5.43 Å². The van der Waals surface area contributed by atoms with Crippen molar-refractivity contribution < 1.29 is 23.1 Å². The van der Waals surface area contributed by atoms with E-state index in [1.807, 2.05) is 0 Å². The molecule has 0 saturated carbocycles. The Bertz CT molecular complexity index is 589. The van der Waals surface area contributed by atoms with E-state index < -0.39 is 17.6 Å². The molecule has 1 amide bonds. The van der Waals surface area contributed by atoms with Gasteiger partial charge in [-0.15, -0.1) is 0 Å². The first-order valence-electron chi connectivity index (χ1n) is 6.25. The van der Waals surface area contributed by atoms with Gasteiger partial charge in [-0.2, -0.15) is 18.3 Å². The quantitative estimate of drug-likeness (QED) is 0.901. The van der Waals surface area contributed by atoms with Crippen LogP contribution in [-0.2, 0) is 17.4 Å². The number of carbonyl (C=O) groups excluding carboxylic acids is 1. The monoisotopic (exact) mass is 298 g/mol. The molecular formula is C14H13F3N2O2. The number of hydrogen-bond acceptors (Lipinski definition) is 3. The number of hydrogen-bond donors (Lipinski definition) is 2. The van der Waals surface area contributed by atoms with Crippen LogP contribution in [0.15, 0.2) is 41.2 Å². The van der Waals surface area contributed by atoms with E-state index in [1.165, 1.54) is 18.2 Å². The van der Waals surface area contributed by atoms with Gasteiger partial charge >= 0.3 is 6.18 Å². The van der Waals surface area contributed by atoms with Crippen molar-refractivity contribution in [2.24, 2.45) is 5.10 Å². The molecule has 2 rings (SSSR count). The number of amides is 1. The Morgan fingerprint density at radius 1 is 1.19 bits per heavy atom. The van der Waals surface area contributed by atoms with Crippen LogP contribution >= 0.6 is 0 Å². The van der Waals surface area contributed by atoms with Crippen molar-refractivity contribution in [3.63, 3.8) is 0 Å². The van der Waals surface area contributed by atoms with Crippen LogP contribution < -0.4 is 5.43 Å². The molecule has 0 atom stereocenters. The van der Waals surface area contributed by atoms with Crippen molar-refractivity contribution >= 4 is 11.6 Å². The number of rotatable bonds is 3.